The molecule has 3 rings (SSSR count). The maximum Gasteiger partial charge on any atom is 0.416 e. The van der Waals surface area contributed by atoms with Gasteiger partial charge < -0.3 is 15.5 Å². The fraction of sp³-hybridized carbons (Fsp3) is 0.333. The topological polar surface area (TPSA) is 105 Å². The van der Waals surface area contributed by atoms with Gasteiger partial charge in [-0.2, -0.15) is 13.2 Å². The number of hydrogen-bond acceptors (Lipinski definition) is 5. The third-order valence-electron chi connectivity index (χ3n) is 5.04. The second-order valence-electron chi connectivity index (χ2n) is 7.40. The quantitative estimate of drug-likeness (QED) is 0.365. The van der Waals surface area contributed by atoms with E-state index in [9.17, 15) is 32.9 Å². The number of anilines is 1. The van der Waals surface area contributed by atoms with Gasteiger partial charge in [-0.25, -0.2) is 0 Å². The highest BCUT2D eigenvalue weighted by molar-refractivity contribution is 5.89. The van der Waals surface area contributed by atoms with Crippen molar-refractivity contribution in [2.45, 2.75) is 19.1 Å². The Balaban J connectivity index is 1.45. The van der Waals surface area contributed by atoms with Crippen LogP contribution in [0.15, 0.2) is 48.5 Å². The van der Waals surface area contributed by atoms with Crippen LogP contribution in [0.25, 0.3) is 0 Å². The number of nitro benzene ring substituents is 1. The molecule has 0 spiro atoms. The molecule has 2 amide bonds. The molecule has 1 aliphatic rings. The summed E-state index contributed by atoms with van der Waals surface area (Å²) < 4.78 is 38.6. The van der Waals surface area contributed by atoms with Crippen molar-refractivity contribution >= 4 is 23.2 Å². The van der Waals surface area contributed by atoms with Crippen molar-refractivity contribution in [3.63, 3.8) is 0 Å². The number of benzene rings is 2. The van der Waals surface area contributed by atoms with Crippen LogP contribution in [0, 0.1) is 16.0 Å². The lowest BCUT2D eigenvalue weighted by Crippen LogP contribution is -2.35. The molecule has 0 radical (unpaired) electrons. The Morgan fingerprint density at radius 2 is 1.88 bits per heavy atom. The van der Waals surface area contributed by atoms with Crippen molar-refractivity contribution in [3.05, 3.63) is 69.8 Å². The number of hydrogen-bond donors (Lipinski definition) is 2. The van der Waals surface area contributed by atoms with Crippen LogP contribution in [0.4, 0.5) is 24.5 Å². The number of alkyl halides is 3. The summed E-state index contributed by atoms with van der Waals surface area (Å²) in [6, 6.07) is 10.6. The number of non-ortho nitro benzene ring substituents is 1. The first-order valence-electron chi connectivity index (χ1n) is 9.83. The van der Waals surface area contributed by atoms with Gasteiger partial charge in [0.1, 0.15) is 0 Å². The minimum absolute atomic E-state index is 0.000572. The summed E-state index contributed by atoms with van der Waals surface area (Å²) in [4.78, 5) is 36.1. The molecular weight excluding hydrogens is 429 g/mol. The third-order valence-corrected chi connectivity index (χ3v) is 5.04. The zero-order valence-electron chi connectivity index (χ0n) is 16.9. The fourth-order valence-corrected chi connectivity index (χ4v) is 3.40. The van der Waals surface area contributed by atoms with Crippen molar-refractivity contribution in [1.29, 1.82) is 0 Å². The Kier molecular flexibility index (Phi) is 6.96. The smallest absolute Gasteiger partial charge is 0.383 e. The lowest BCUT2D eigenvalue weighted by molar-refractivity contribution is -0.384. The highest BCUT2D eigenvalue weighted by atomic mass is 19.4. The van der Waals surface area contributed by atoms with Crippen LogP contribution >= 0.6 is 0 Å². The number of amides is 2. The maximum atomic E-state index is 12.9. The predicted molar refractivity (Wildman–Crippen MR) is 110 cm³/mol. The lowest BCUT2D eigenvalue weighted by atomic mass is 10.1. The van der Waals surface area contributed by atoms with Gasteiger partial charge in [-0.1, -0.05) is 12.1 Å². The first-order valence-corrected chi connectivity index (χ1v) is 9.83. The van der Waals surface area contributed by atoms with E-state index in [4.69, 9.17) is 0 Å². The van der Waals surface area contributed by atoms with E-state index in [0.29, 0.717) is 17.8 Å². The monoisotopic (exact) mass is 450 g/mol. The van der Waals surface area contributed by atoms with Gasteiger partial charge in [-0.15, -0.1) is 0 Å². The zero-order chi connectivity index (χ0) is 23.3. The predicted octanol–water partition coefficient (Wildman–Crippen LogP) is 3.19. The average Bonchev–Trinajstić information content (AvgIpc) is 3.11. The number of halogens is 3. The third kappa shape index (κ3) is 5.96. The van der Waals surface area contributed by atoms with Gasteiger partial charge >= 0.3 is 6.18 Å². The maximum absolute atomic E-state index is 12.9. The number of nitrogens with one attached hydrogen (secondary N) is 2. The molecular formula is C21H21F3N4O4. The van der Waals surface area contributed by atoms with Crippen molar-refractivity contribution in [2.75, 3.05) is 25.0 Å². The number of rotatable bonds is 8. The molecule has 11 heteroatoms. The molecule has 0 aliphatic carbocycles. The average molecular weight is 450 g/mol. The van der Waals surface area contributed by atoms with Gasteiger partial charge in [0.25, 0.3) is 5.69 Å². The fourth-order valence-electron chi connectivity index (χ4n) is 3.40. The highest BCUT2D eigenvalue weighted by Gasteiger charge is 2.35. The van der Waals surface area contributed by atoms with Gasteiger partial charge in [0.2, 0.25) is 11.8 Å². The van der Waals surface area contributed by atoms with E-state index in [2.05, 4.69) is 10.6 Å². The largest absolute Gasteiger partial charge is 0.416 e. The summed E-state index contributed by atoms with van der Waals surface area (Å²) in [5, 5.41) is 16.4. The molecule has 1 saturated heterocycles. The van der Waals surface area contributed by atoms with E-state index < -0.39 is 22.6 Å². The van der Waals surface area contributed by atoms with Crippen LogP contribution in [-0.4, -0.2) is 41.3 Å². The molecule has 32 heavy (non-hydrogen) atoms. The first-order chi connectivity index (χ1) is 15.1. The summed E-state index contributed by atoms with van der Waals surface area (Å²) in [5.41, 5.74) is 0.204. The molecule has 2 N–H and O–H groups in total. The summed E-state index contributed by atoms with van der Waals surface area (Å²) in [5.74, 6) is -1.17. The van der Waals surface area contributed by atoms with E-state index in [1.807, 2.05) is 0 Å². The van der Waals surface area contributed by atoms with Crippen LogP contribution in [0.2, 0.25) is 0 Å². The van der Waals surface area contributed by atoms with Crippen molar-refractivity contribution in [1.82, 2.24) is 10.2 Å². The number of carbonyl (C=O) groups is 2. The van der Waals surface area contributed by atoms with Crippen molar-refractivity contribution < 1.29 is 27.7 Å². The van der Waals surface area contributed by atoms with Crippen molar-refractivity contribution in [2.24, 2.45) is 5.92 Å². The summed E-state index contributed by atoms with van der Waals surface area (Å²) in [6.07, 6.45) is -4.46. The summed E-state index contributed by atoms with van der Waals surface area (Å²) >= 11 is 0. The molecule has 2 aromatic carbocycles. The molecule has 1 heterocycles. The molecule has 0 saturated carbocycles. The van der Waals surface area contributed by atoms with E-state index >= 15 is 0 Å². The number of nitro groups is 1. The zero-order valence-corrected chi connectivity index (χ0v) is 16.9. The van der Waals surface area contributed by atoms with Gasteiger partial charge in [0.15, 0.2) is 0 Å². The molecule has 170 valence electrons. The van der Waals surface area contributed by atoms with Gasteiger partial charge in [-0.3, -0.25) is 19.7 Å². The Bertz CT molecular complexity index is 995. The number of nitrogens with zero attached hydrogens (tertiary/aromatic N) is 2. The Labute approximate surface area is 181 Å². The van der Waals surface area contributed by atoms with Crippen LogP contribution in [0.3, 0.4) is 0 Å². The van der Waals surface area contributed by atoms with Crippen LogP contribution in [0.1, 0.15) is 17.5 Å². The minimum atomic E-state index is -4.46. The van der Waals surface area contributed by atoms with E-state index in [1.54, 1.807) is 12.1 Å². The van der Waals surface area contributed by atoms with E-state index in [1.165, 1.54) is 29.2 Å². The SMILES string of the molecule is O=C(NCCNc1ccc([N+](=O)[O-])cc1)C1CC(=O)N(Cc2cccc(C(F)(F)F)c2)C1. The standard InChI is InChI=1S/C21H21F3N4O4/c22-21(23,24)16-3-1-2-14(10-16)12-27-13-15(11-19(27)29)20(30)26-9-8-25-17-4-6-18(7-5-17)28(31)32/h1-7,10,15,25H,8-9,11-13H2,(H,26,30). The Morgan fingerprint density at radius 3 is 2.53 bits per heavy atom. The minimum Gasteiger partial charge on any atom is -0.383 e. The Morgan fingerprint density at radius 1 is 1.16 bits per heavy atom. The molecule has 1 aliphatic heterocycles. The van der Waals surface area contributed by atoms with Gasteiger partial charge in [0, 0.05) is 50.4 Å². The first kappa shape index (κ1) is 23.0. The lowest BCUT2D eigenvalue weighted by Gasteiger charge is -2.18. The Hall–Kier alpha value is -3.63. The molecule has 8 nitrogen and oxygen atoms in total. The second kappa shape index (κ2) is 9.67. The highest BCUT2D eigenvalue weighted by Crippen LogP contribution is 2.30. The molecule has 0 aromatic heterocycles. The summed E-state index contributed by atoms with van der Waals surface area (Å²) in [6.45, 7) is 0.789. The molecule has 1 fully saturated rings. The molecule has 2 aromatic rings. The van der Waals surface area contributed by atoms with Crippen LogP contribution in [-0.2, 0) is 22.3 Å². The number of carbonyl (C=O) groups excluding carboxylic acids is 2. The summed E-state index contributed by atoms with van der Waals surface area (Å²) in [7, 11) is 0. The second-order valence-corrected chi connectivity index (χ2v) is 7.40. The van der Waals surface area contributed by atoms with Gasteiger partial charge in [0.05, 0.1) is 16.4 Å². The van der Waals surface area contributed by atoms with Crippen molar-refractivity contribution in [3.8, 4) is 0 Å². The number of likely N-dealkylation sites (tertiary alicyclic amines) is 1. The van der Waals surface area contributed by atoms with E-state index in [-0.39, 0.29) is 43.6 Å². The molecule has 1 unspecified atom stereocenters. The normalized spacial score (nSPS) is 16.2. The van der Waals surface area contributed by atoms with Gasteiger partial charge in [-0.05, 0) is 29.8 Å². The van der Waals surface area contributed by atoms with E-state index in [0.717, 1.165) is 12.1 Å². The molecule has 0 bridgehead atoms. The molecule has 1 atom stereocenters. The van der Waals surface area contributed by atoms with Crippen LogP contribution in [0.5, 0.6) is 0 Å². The van der Waals surface area contributed by atoms with Crippen LogP contribution < -0.4 is 10.6 Å².